The van der Waals surface area contributed by atoms with E-state index in [0.717, 1.165) is 37.3 Å². The van der Waals surface area contributed by atoms with Crippen molar-refractivity contribution in [1.29, 1.82) is 0 Å². The SMILES string of the molecule is O=C(N[C@@H](Cc1ccccc1)[C@@H](O)C(NS(=O)(=O)c1cccc(O)c1)OC1CCCC1)O[C@H]1CO[C@H]2OCC[C@H]21. The lowest BCUT2D eigenvalue weighted by atomic mass is 10.00. The van der Waals surface area contributed by atoms with Crippen molar-refractivity contribution in [3.05, 3.63) is 60.2 Å². The fraction of sp³-hybridized carbons (Fsp3) is 0.536. The summed E-state index contributed by atoms with van der Waals surface area (Å²) in [6, 6.07) is 13.5. The zero-order valence-corrected chi connectivity index (χ0v) is 22.9. The van der Waals surface area contributed by atoms with Crippen molar-refractivity contribution < 1.29 is 42.4 Å². The van der Waals surface area contributed by atoms with Gasteiger partial charge in [-0.15, -0.1) is 0 Å². The summed E-state index contributed by atoms with van der Waals surface area (Å²) in [6.45, 7) is 0.747. The molecule has 1 amide bonds. The van der Waals surface area contributed by atoms with E-state index in [9.17, 15) is 23.4 Å². The second-order valence-corrected chi connectivity index (χ2v) is 12.2. The second kappa shape index (κ2) is 12.8. The first kappa shape index (κ1) is 28.8. The molecule has 0 aromatic heterocycles. The normalized spacial score (nSPS) is 25.3. The molecule has 11 nitrogen and oxygen atoms in total. The zero-order valence-electron chi connectivity index (χ0n) is 22.1. The molecule has 3 fully saturated rings. The van der Waals surface area contributed by atoms with E-state index in [4.69, 9.17) is 18.9 Å². The molecule has 40 heavy (non-hydrogen) atoms. The molecule has 1 saturated carbocycles. The number of aliphatic hydroxyl groups excluding tert-OH is 1. The summed E-state index contributed by atoms with van der Waals surface area (Å²) >= 11 is 0. The van der Waals surface area contributed by atoms with Crippen LogP contribution in [0, 0.1) is 5.92 Å². The Bertz CT molecular complexity index is 1240. The number of aliphatic hydroxyl groups is 1. The number of ether oxygens (including phenoxy) is 4. The lowest BCUT2D eigenvalue weighted by molar-refractivity contribution is -0.0912. The third-order valence-electron chi connectivity index (χ3n) is 7.61. The average Bonchev–Trinajstić information content (AvgIpc) is 3.69. The molecule has 0 radical (unpaired) electrons. The van der Waals surface area contributed by atoms with Crippen LogP contribution in [0.1, 0.15) is 37.7 Å². The average molecular weight is 577 g/mol. The first-order chi connectivity index (χ1) is 19.3. The topological polar surface area (TPSA) is 153 Å². The molecule has 3 aliphatic rings. The smallest absolute Gasteiger partial charge is 0.407 e. The van der Waals surface area contributed by atoms with Crippen molar-refractivity contribution in [3.63, 3.8) is 0 Å². The van der Waals surface area contributed by atoms with Gasteiger partial charge in [-0.25, -0.2) is 13.2 Å². The van der Waals surface area contributed by atoms with Gasteiger partial charge in [-0.2, -0.15) is 4.72 Å². The first-order valence-electron chi connectivity index (χ1n) is 13.7. The molecule has 0 spiro atoms. The molecule has 2 aromatic carbocycles. The van der Waals surface area contributed by atoms with Crippen LogP contribution in [0.3, 0.4) is 0 Å². The molecule has 2 aromatic rings. The summed E-state index contributed by atoms with van der Waals surface area (Å²) < 4.78 is 51.8. The number of carbonyl (C=O) groups excluding carboxylic acids is 1. The van der Waals surface area contributed by atoms with Gasteiger partial charge in [0.1, 0.15) is 24.2 Å². The first-order valence-corrected chi connectivity index (χ1v) is 15.2. The number of fused-ring (bicyclic) bond motifs is 1. The molecule has 1 aliphatic carbocycles. The quantitative estimate of drug-likeness (QED) is 0.296. The number of sulfonamides is 1. The van der Waals surface area contributed by atoms with Crippen LogP contribution in [0.5, 0.6) is 5.75 Å². The third-order valence-corrected chi connectivity index (χ3v) is 9.03. The molecule has 12 heteroatoms. The van der Waals surface area contributed by atoms with Crippen molar-refractivity contribution in [2.75, 3.05) is 13.2 Å². The second-order valence-electron chi connectivity index (χ2n) is 10.5. The molecule has 5 rings (SSSR count). The largest absolute Gasteiger partial charge is 0.508 e. The predicted octanol–water partition coefficient (Wildman–Crippen LogP) is 2.42. The summed E-state index contributed by atoms with van der Waals surface area (Å²) in [5, 5.41) is 24.2. The standard InChI is InChI=1S/C28H36N2O9S/c31-19-9-6-12-21(16-19)40(34,35)30-26(38-20-10-4-5-11-20)25(32)23(15-18-7-2-1-3-8-18)29-28(33)39-24-17-37-27-22(24)13-14-36-27/h1-3,6-9,12,16,20,22-27,30-32H,4-5,10-11,13-15,17H2,(H,29,33)/t22-,23-,24-,25+,26?,27+/m0/s1. The number of carbonyl (C=O) groups is 1. The van der Waals surface area contributed by atoms with Crippen molar-refractivity contribution in [2.24, 2.45) is 5.92 Å². The van der Waals surface area contributed by atoms with Gasteiger partial charge >= 0.3 is 6.09 Å². The molecule has 1 unspecified atom stereocenters. The molecule has 218 valence electrons. The van der Waals surface area contributed by atoms with Gasteiger partial charge < -0.3 is 34.5 Å². The monoisotopic (exact) mass is 576 g/mol. The van der Waals surface area contributed by atoms with E-state index in [1.165, 1.54) is 18.2 Å². The number of alkyl carbamates (subject to hydrolysis) is 1. The van der Waals surface area contributed by atoms with Gasteiger partial charge in [-0.3, -0.25) is 0 Å². The number of aromatic hydroxyl groups is 1. The minimum absolute atomic E-state index is 0.0595. The van der Waals surface area contributed by atoms with Crippen LogP contribution in [0.2, 0.25) is 0 Å². The Hall–Kier alpha value is -2.74. The maximum atomic E-state index is 13.3. The zero-order chi connectivity index (χ0) is 28.1. The highest BCUT2D eigenvalue weighted by Gasteiger charge is 2.44. The van der Waals surface area contributed by atoms with Crippen molar-refractivity contribution in [1.82, 2.24) is 10.0 Å². The molecule has 2 heterocycles. The Kier molecular flexibility index (Phi) is 9.24. The van der Waals surface area contributed by atoms with Crippen LogP contribution >= 0.6 is 0 Å². The predicted molar refractivity (Wildman–Crippen MR) is 143 cm³/mol. The van der Waals surface area contributed by atoms with E-state index >= 15 is 0 Å². The number of phenolic OH excluding ortho intramolecular Hbond substituents is 1. The van der Waals surface area contributed by atoms with E-state index in [2.05, 4.69) is 10.0 Å². The van der Waals surface area contributed by atoms with Gasteiger partial charge in [0.15, 0.2) is 6.29 Å². The Morgan fingerprint density at radius 3 is 2.58 bits per heavy atom. The molecule has 2 aliphatic heterocycles. The Labute approximate surface area is 233 Å². The van der Waals surface area contributed by atoms with Gasteiger partial charge in [0.05, 0.1) is 36.2 Å². The van der Waals surface area contributed by atoms with Crippen molar-refractivity contribution in [3.8, 4) is 5.75 Å². The number of phenols is 1. The van der Waals surface area contributed by atoms with Crippen LogP contribution in [-0.4, -0.2) is 74.8 Å². The lowest BCUT2D eigenvalue weighted by Crippen LogP contribution is -2.57. The van der Waals surface area contributed by atoms with Gasteiger partial charge in [0, 0.05) is 0 Å². The molecule has 6 atom stereocenters. The number of nitrogens with one attached hydrogen (secondary N) is 2. The Morgan fingerprint density at radius 1 is 1.05 bits per heavy atom. The number of hydrogen-bond acceptors (Lipinski definition) is 9. The summed E-state index contributed by atoms with van der Waals surface area (Å²) in [4.78, 5) is 12.9. The summed E-state index contributed by atoms with van der Waals surface area (Å²) in [5.74, 6) is -0.273. The number of rotatable bonds is 11. The minimum Gasteiger partial charge on any atom is -0.508 e. The summed E-state index contributed by atoms with van der Waals surface area (Å²) in [6.07, 6.45) is -0.544. The van der Waals surface area contributed by atoms with Crippen LogP contribution < -0.4 is 10.0 Å². The van der Waals surface area contributed by atoms with E-state index < -0.39 is 40.6 Å². The highest BCUT2D eigenvalue weighted by Crippen LogP contribution is 2.33. The fourth-order valence-corrected chi connectivity index (χ4v) is 6.66. The van der Waals surface area contributed by atoms with Gasteiger partial charge in [-0.05, 0) is 49.4 Å². The lowest BCUT2D eigenvalue weighted by Gasteiger charge is -2.33. The van der Waals surface area contributed by atoms with E-state index in [-0.39, 0.29) is 42.0 Å². The van der Waals surface area contributed by atoms with E-state index in [0.29, 0.717) is 13.0 Å². The minimum atomic E-state index is -4.20. The highest BCUT2D eigenvalue weighted by molar-refractivity contribution is 7.89. The van der Waals surface area contributed by atoms with Crippen LogP contribution in [0.4, 0.5) is 4.79 Å². The van der Waals surface area contributed by atoms with Crippen molar-refractivity contribution in [2.45, 2.75) is 80.3 Å². The molecular formula is C28H36N2O9S. The fourth-order valence-electron chi connectivity index (χ4n) is 5.49. The van der Waals surface area contributed by atoms with E-state index in [1.807, 2.05) is 30.3 Å². The Morgan fingerprint density at radius 2 is 1.82 bits per heavy atom. The van der Waals surface area contributed by atoms with Crippen LogP contribution in [0.25, 0.3) is 0 Å². The Balaban J connectivity index is 1.36. The van der Waals surface area contributed by atoms with Gasteiger partial charge in [0.2, 0.25) is 10.0 Å². The van der Waals surface area contributed by atoms with Gasteiger partial charge in [-0.1, -0.05) is 49.2 Å². The summed E-state index contributed by atoms with van der Waals surface area (Å²) in [5.41, 5.74) is 0.816. The number of hydrogen-bond donors (Lipinski definition) is 4. The van der Waals surface area contributed by atoms with Gasteiger partial charge in [0.25, 0.3) is 0 Å². The molecule has 0 bridgehead atoms. The summed E-state index contributed by atoms with van der Waals surface area (Å²) in [7, 11) is -4.20. The molecular weight excluding hydrogens is 540 g/mol. The maximum absolute atomic E-state index is 13.3. The maximum Gasteiger partial charge on any atom is 0.407 e. The number of amides is 1. The van der Waals surface area contributed by atoms with Crippen molar-refractivity contribution >= 4 is 16.1 Å². The molecule has 4 N–H and O–H groups in total. The van der Waals surface area contributed by atoms with Crippen LogP contribution in [-0.2, 0) is 35.4 Å². The van der Waals surface area contributed by atoms with Crippen LogP contribution in [0.15, 0.2) is 59.5 Å². The number of benzene rings is 2. The van der Waals surface area contributed by atoms with E-state index in [1.54, 1.807) is 0 Å². The third kappa shape index (κ3) is 7.12. The highest BCUT2D eigenvalue weighted by atomic mass is 32.2. The molecule has 2 saturated heterocycles.